The summed E-state index contributed by atoms with van der Waals surface area (Å²) in [6, 6.07) is 14.1. The highest BCUT2D eigenvalue weighted by atomic mass is 16.5. The topological polar surface area (TPSA) is 78.4 Å². The van der Waals surface area contributed by atoms with E-state index < -0.39 is 5.41 Å². The minimum Gasteiger partial charge on any atom is -0.326 e. The summed E-state index contributed by atoms with van der Waals surface area (Å²) in [6.45, 7) is 5.65. The monoisotopic (exact) mass is 366 g/mol. The van der Waals surface area contributed by atoms with Crippen LogP contribution in [0.15, 0.2) is 42.5 Å². The van der Waals surface area contributed by atoms with Crippen LogP contribution in [-0.4, -0.2) is 17.0 Å². The number of rotatable bonds is 3. The third-order valence-corrected chi connectivity index (χ3v) is 5.05. The Morgan fingerprint density at radius 3 is 2.48 bits per heavy atom. The van der Waals surface area contributed by atoms with Crippen LogP contribution in [0.5, 0.6) is 0 Å². The molecule has 142 valence electrons. The van der Waals surface area contributed by atoms with E-state index in [0.29, 0.717) is 6.42 Å². The van der Waals surface area contributed by atoms with E-state index in [1.165, 1.54) is 5.56 Å². The molecule has 2 aromatic rings. The first-order chi connectivity index (χ1) is 12.8. The van der Waals surface area contributed by atoms with Crippen molar-refractivity contribution in [2.75, 3.05) is 5.32 Å². The molecule has 0 bridgehead atoms. The largest absolute Gasteiger partial charge is 0.326 e. The van der Waals surface area contributed by atoms with E-state index in [1.807, 2.05) is 45.0 Å². The van der Waals surface area contributed by atoms with Gasteiger partial charge in [-0.25, -0.2) is 5.48 Å². The molecule has 0 aliphatic heterocycles. The minimum atomic E-state index is -0.454. The zero-order valence-corrected chi connectivity index (χ0v) is 16.0. The Kier molecular flexibility index (Phi) is 5.33. The molecule has 5 nitrogen and oxygen atoms in total. The van der Waals surface area contributed by atoms with E-state index in [4.69, 9.17) is 5.21 Å². The number of anilines is 1. The van der Waals surface area contributed by atoms with Gasteiger partial charge in [0.1, 0.15) is 0 Å². The van der Waals surface area contributed by atoms with Crippen LogP contribution in [0.3, 0.4) is 0 Å². The first-order valence-electron chi connectivity index (χ1n) is 9.25. The summed E-state index contributed by atoms with van der Waals surface area (Å²) in [4.78, 5) is 24.0. The molecule has 2 amide bonds. The van der Waals surface area contributed by atoms with Crippen LogP contribution in [0.4, 0.5) is 5.69 Å². The predicted molar refractivity (Wildman–Crippen MR) is 105 cm³/mol. The highest BCUT2D eigenvalue weighted by Gasteiger charge is 2.25. The molecule has 1 aliphatic carbocycles. The number of carbonyl (C=O) groups excluding carboxylic acids is 2. The second-order valence-electron chi connectivity index (χ2n) is 8.18. The molecular formula is C22H26N2O3. The number of hydrogen-bond acceptors (Lipinski definition) is 3. The Hall–Kier alpha value is -2.66. The molecule has 3 N–H and O–H groups in total. The van der Waals surface area contributed by atoms with Gasteiger partial charge in [-0.3, -0.25) is 14.8 Å². The summed E-state index contributed by atoms with van der Waals surface area (Å²) >= 11 is 0. The Labute approximate surface area is 159 Å². The lowest BCUT2D eigenvalue weighted by atomic mass is 9.82. The van der Waals surface area contributed by atoms with E-state index in [-0.39, 0.29) is 17.7 Å². The Morgan fingerprint density at radius 2 is 1.78 bits per heavy atom. The number of hydrogen-bond donors (Lipinski definition) is 3. The highest BCUT2D eigenvalue weighted by Crippen LogP contribution is 2.31. The average Bonchev–Trinajstić information content (AvgIpc) is 2.66. The lowest BCUT2D eigenvalue weighted by Gasteiger charge is -2.23. The molecule has 0 saturated heterocycles. The maximum atomic E-state index is 12.2. The maximum absolute atomic E-state index is 12.2. The van der Waals surface area contributed by atoms with Crippen molar-refractivity contribution in [2.45, 2.75) is 40.0 Å². The third kappa shape index (κ3) is 4.37. The molecule has 1 aliphatic rings. The number of aryl methyl sites for hydroxylation is 1. The van der Waals surface area contributed by atoms with Gasteiger partial charge in [-0.05, 0) is 53.6 Å². The zero-order chi connectivity index (χ0) is 19.6. The van der Waals surface area contributed by atoms with Gasteiger partial charge >= 0.3 is 0 Å². The summed E-state index contributed by atoms with van der Waals surface area (Å²) in [5, 5.41) is 11.9. The van der Waals surface area contributed by atoms with Gasteiger partial charge in [-0.2, -0.15) is 0 Å². The van der Waals surface area contributed by atoms with Crippen molar-refractivity contribution in [3.8, 4) is 11.1 Å². The van der Waals surface area contributed by atoms with Crippen molar-refractivity contribution in [2.24, 2.45) is 11.3 Å². The number of nitrogens with one attached hydrogen (secondary N) is 2. The number of amides is 2. The molecular weight excluding hydrogens is 340 g/mol. The quantitative estimate of drug-likeness (QED) is 0.568. The van der Waals surface area contributed by atoms with E-state index in [9.17, 15) is 9.59 Å². The van der Waals surface area contributed by atoms with Crippen molar-refractivity contribution in [1.82, 2.24) is 5.48 Å². The fourth-order valence-corrected chi connectivity index (χ4v) is 3.35. The fourth-order valence-electron chi connectivity index (χ4n) is 3.35. The molecule has 1 atom stereocenters. The van der Waals surface area contributed by atoms with Gasteiger partial charge in [0.15, 0.2) is 0 Å². The molecule has 0 heterocycles. The zero-order valence-electron chi connectivity index (χ0n) is 16.0. The van der Waals surface area contributed by atoms with E-state index >= 15 is 0 Å². The normalized spacial score (nSPS) is 16.4. The van der Waals surface area contributed by atoms with Crippen LogP contribution in [0.2, 0.25) is 0 Å². The Balaban J connectivity index is 1.84. The van der Waals surface area contributed by atoms with Gasteiger partial charge in [0.25, 0.3) is 0 Å². The molecule has 5 heteroatoms. The maximum Gasteiger partial charge on any atom is 0.246 e. The van der Waals surface area contributed by atoms with E-state index in [2.05, 4.69) is 23.5 Å². The lowest BCUT2D eigenvalue weighted by molar-refractivity contribution is -0.133. The van der Waals surface area contributed by atoms with E-state index in [0.717, 1.165) is 35.2 Å². The minimum absolute atomic E-state index is 0.0250. The van der Waals surface area contributed by atoms with Crippen molar-refractivity contribution in [3.05, 3.63) is 53.6 Å². The molecule has 2 aromatic carbocycles. The van der Waals surface area contributed by atoms with Crippen LogP contribution in [0.25, 0.3) is 11.1 Å². The Morgan fingerprint density at radius 1 is 1.04 bits per heavy atom. The van der Waals surface area contributed by atoms with Crippen LogP contribution in [0, 0.1) is 11.3 Å². The molecule has 0 radical (unpaired) electrons. The number of fused-ring (bicyclic) bond motifs is 1. The van der Waals surface area contributed by atoms with Crippen LogP contribution < -0.4 is 10.8 Å². The van der Waals surface area contributed by atoms with Gasteiger partial charge in [0.2, 0.25) is 11.8 Å². The van der Waals surface area contributed by atoms with E-state index in [1.54, 1.807) is 5.48 Å². The van der Waals surface area contributed by atoms with Crippen molar-refractivity contribution in [3.63, 3.8) is 0 Å². The number of hydroxylamine groups is 1. The van der Waals surface area contributed by atoms with Crippen molar-refractivity contribution >= 4 is 17.5 Å². The van der Waals surface area contributed by atoms with Gasteiger partial charge in [0.05, 0.1) is 0 Å². The Bertz CT molecular complexity index is 868. The molecule has 0 aromatic heterocycles. The summed E-state index contributed by atoms with van der Waals surface area (Å²) in [5.41, 5.74) is 6.53. The summed E-state index contributed by atoms with van der Waals surface area (Å²) < 4.78 is 0. The molecule has 0 saturated carbocycles. The summed E-state index contributed by atoms with van der Waals surface area (Å²) in [7, 11) is 0. The van der Waals surface area contributed by atoms with Gasteiger partial charge in [-0.15, -0.1) is 0 Å². The number of benzene rings is 2. The molecule has 1 unspecified atom stereocenters. The SMILES string of the molecule is CC(C)(C)C(=O)Nc1cccc(-c2ccc3c(c2)CC(C(=O)NO)CC3)c1. The van der Waals surface area contributed by atoms with Gasteiger partial charge in [0, 0.05) is 17.0 Å². The first kappa shape index (κ1) is 19.1. The first-order valence-corrected chi connectivity index (χ1v) is 9.25. The second kappa shape index (κ2) is 7.53. The molecule has 27 heavy (non-hydrogen) atoms. The third-order valence-electron chi connectivity index (χ3n) is 5.05. The number of carbonyl (C=O) groups is 2. The molecule has 0 spiro atoms. The standard InChI is InChI=1S/C22H26N2O3/c1-22(2,3)21(26)23-19-6-4-5-15(13-19)16-9-7-14-8-10-17(20(25)24-27)12-18(14)11-16/h4-7,9,11,13,17,27H,8,10,12H2,1-3H3,(H,23,26)(H,24,25). The molecule has 3 rings (SSSR count). The van der Waals surface area contributed by atoms with Gasteiger partial charge in [-0.1, -0.05) is 51.1 Å². The van der Waals surface area contributed by atoms with Crippen LogP contribution >= 0.6 is 0 Å². The van der Waals surface area contributed by atoms with Gasteiger partial charge < -0.3 is 5.32 Å². The predicted octanol–water partition coefficient (Wildman–Crippen LogP) is 3.95. The fraction of sp³-hybridized carbons (Fsp3) is 0.364. The van der Waals surface area contributed by atoms with Crippen LogP contribution in [0.1, 0.15) is 38.3 Å². The second-order valence-corrected chi connectivity index (χ2v) is 8.18. The smallest absolute Gasteiger partial charge is 0.246 e. The lowest BCUT2D eigenvalue weighted by Crippen LogP contribution is -2.31. The highest BCUT2D eigenvalue weighted by molar-refractivity contribution is 5.95. The summed E-state index contributed by atoms with van der Waals surface area (Å²) in [5.74, 6) is -0.545. The molecule has 0 fully saturated rings. The van der Waals surface area contributed by atoms with Crippen LogP contribution in [-0.2, 0) is 22.4 Å². The van der Waals surface area contributed by atoms with Crippen molar-refractivity contribution in [1.29, 1.82) is 0 Å². The average molecular weight is 366 g/mol. The van der Waals surface area contributed by atoms with Crippen molar-refractivity contribution < 1.29 is 14.8 Å². The summed E-state index contributed by atoms with van der Waals surface area (Å²) in [6.07, 6.45) is 2.19.